The quantitative estimate of drug-likeness (QED) is 0.601. The highest BCUT2D eigenvalue weighted by Crippen LogP contribution is 2.23. The first-order chi connectivity index (χ1) is 13.2. The molecule has 1 amide bonds. The summed E-state index contributed by atoms with van der Waals surface area (Å²) < 4.78 is 16.9. The summed E-state index contributed by atoms with van der Waals surface area (Å²) in [4.78, 5) is 12.2. The van der Waals surface area contributed by atoms with Gasteiger partial charge in [0, 0.05) is 24.0 Å². The molecule has 0 aliphatic heterocycles. The van der Waals surface area contributed by atoms with Crippen molar-refractivity contribution in [2.75, 3.05) is 0 Å². The summed E-state index contributed by atoms with van der Waals surface area (Å²) in [6.45, 7) is 0. The van der Waals surface area contributed by atoms with Crippen LogP contribution in [0.5, 0.6) is 0 Å². The van der Waals surface area contributed by atoms with Crippen molar-refractivity contribution in [2.45, 2.75) is 18.9 Å². The lowest BCUT2D eigenvalue weighted by Gasteiger charge is -2.07. The van der Waals surface area contributed by atoms with Crippen molar-refractivity contribution >= 4 is 11.4 Å². The Bertz CT molecular complexity index is 1140. The van der Waals surface area contributed by atoms with Gasteiger partial charge in [-0.2, -0.15) is 5.10 Å². The van der Waals surface area contributed by atoms with Crippen LogP contribution in [0.4, 0.5) is 4.39 Å². The third-order valence-electron chi connectivity index (χ3n) is 4.78. The molecule has 1 N–H and O–H groups in total. The molecule has 27 heavy (non-hydrogen) atoms. The molecule has 0 unspecified atom stereocenters. The number of hydrogen-bond acceptors (Lipinski definition) is 2. The van der Waals surface area contributed by atoms with E-state index >= 15 is 0 Å². The summed E-state index contributed by atoms with van der Waals surface area (Å²) in [5.74, 6) is 0.443. The molecule has 5 nitrogen and oxygen atoms in total. The van der Waals surface area contributed by atoms with E-state index in [0.717, 1.165) is 35.3 Å². The Kier molecular flexibility index (Phi) is 3.57. The number of benzene rings is 1. The average molecular weight is 360 g/mol. The molecule has 3 aromatic heterocycles. The molecule has 1 aliphatic rings. The first-order valence-electron chi connectivity index (χ1n) is 8.91. The number of aromatic nitrogens is 3. The molecular formula is C21H17FN4O. The second kappa shape index (κ2) is 6.09. The Morgan fingerprint density at radius 1 is 1.00 bits per heavy atom. The molecule has 0 saturated heterocycles. The lowest BCUT2D eigenvalue weighted by Crippen LogP contribution is -2.25. The summed E-state index contributed by atoms with van der Waals surface area (Å²) in [5, 5.41) is 7.38. The number of halogens is 1. The van der Waals surface area contributed by atoms with Crippen molar-refractivity contribution in [3.63, 3.8) is 0 Å². The van der Waals surface area contributed by atoms with Gasteiger partial charge in [-0.3, -0.25) is 4.79 Å². The largest absolute Gasteiger partial charge is 0.348 e. The molecule has 1 aliphatic carbocycles. The number of nitrogens with zero attached hydrogens (tertiary/aromatic N) is 3. The molecule has 1 aromatic carbocycles. The van der Waals surface area contributed by atoms with Gasteiger partial charge in [-0.25, -0.2) is 9.07 Å². The van der Waals surface area contributed by atoms with E-state index in [-0.39, 0.29) is 11.7 Å². The minimum absolute atomic E-state index is 0.135. The van der Waals surface area contributed by atoms with Crippen LogP contribution in [0, 0.1) is 5.82 Å². The molecule has 6 heteroatoms. The van der Waals surface area contributed by atoms with Crippen LogP contribution >= 0.6 is 0 Å². The Balaban J connectivity index is 1.51. The second-order valence-electron chi connectivity index (χ2n) is 6.80. The van der Waals surface area contributed by atoms with Crippen molar-refractivity contribution in [1.29, 1.82) is 0 Å². The van der Waals surface area contributed by atoms with Crippen LogP contribution in [0.15, 0.2) is 67.0 Å². The second-order valence-corrected chi connectivity index (χ2v) is 6.80. The van der Waals surface area contributed by atoms with Crippen molar-refractivity contribution in [2.24, 2.45) is 0 Å². The van der Waals surface area contributed by atoms with Gasteiger partial charge in [-0.1, -0.05) is 18.2 Å². The molecular weight excluding hydrogens is 343 g/mol. The summed E-state index contributed by atoms with van der Waals surface area (Å²) >= 11 is 0. The molecule has 0 spiro atoms. The van der Waals surface area contributed by atoms with Gasteiger partial charge in [0.2, 0.25) is 0 Å². The highest BCUT2D eigenvalue weighted by atomic mass is 19.1. The maximum atomic E-state index is 13.2. The summed E-state index contributed by atoms with van der Waals surface area (Å²) in [7, 11) is 0. The van der Waals surface area contributed by atoms with E-state index in [4.69, 9.17) is 0 Å². The van der Waals surface area contributed by atoms with E-state index in [0.29, 0.717) is 11.7 Å². The minimum atomic E-state index is -0.255. The monoisotopic (exact) mass is 360 g/mol. The van der Waals surface area contributed by atoms with Crippen molar-refractivity contribution in [3.8, 4) is 16.9 Å². The fourth-order valence-corrected chi connectivity index (χ4v) is 3.15. The maximum Gasteiger partial charge on any atom is 0.272 e. The van der Waals surface area contributed by atoms with E-state index in [1.165, 1.54) is 12.1 Å². The zero-order valence-corrected chi connectivity index (χ0v) is 14.5. The van der Waals surface area contributed by atoms with Crippen molar-refractivity contribution in [3.05, 3.63) is 78.5 Å². The molecule has 0 atom stereocenters. The molecule has 1 fully saturated rings. The summed E-state index contributed by atoms with van der Waals surface area (Å²) in [6.07, 6.45) is 5.86. The third-order valence-corrected chi connectivity index (χ3v) is 4.78. The van der Waals surface area contributed by atoms with Crippen LogP contribution < -0.4 is 5.32 Å². The van der Waals surface area contributed by atoms with Gasteiger partial charge in [-0.15, -0.1) is 0 Å². The van der Waals surface area contributed by atoms with E-state index in [1.54, 1.807) is 29.1 Å². The Morgan fingerprint density at radius 3 is 2.52 bits per heavy atom. The molecule has 3 heterocycles. The highest BCUT2D eigenvalue weighted by Gasteiger charge is 2.24. The fourth-order valence-electron chi connectivity index (χ4n) is 3.15. The average Bonchev–Trinajstić information content (AvgIpc) is 3.19. The van der Waals surface area contributed by atoms with Crippen LogP contribution in [-0.2, 0) is 0 Å². The van der Waals surface area contributed by atoms with Crippen molar-refractivity contribution < 1.29 is 9.18 Å². The first-order valence-corrected chi connectivity index (χ1v) is 8.91. The topological polar surface area (TPSA) is 51.3 Å². The van der Waals surface area contributed by atoms with Gasteiger partial charge in [0.25, 0.3) is 5.91 Å². The van der Waals surface area contributed by atoms with Gasteiger partial charge in [0.1, 0.15) is 11.6 Å². The number of fused-ring (bicyclic) bond motifs is 1. The van der Waals surface area contributed by atoms with E-state index < -0.39 is 0 Å². The summed E-state index contributed by atoms with van der Waals surface area (Å²) in [6, 6.07) is 16.4. The van der Waals surface area contributed by atoms with Gasteiger partial charge in [0.15, 0.2) is 5.69 Å². The van der Waals surface area contributed by atoms with Crippen LogP contribution in [0.1, 0.15) is 23.3 Å². The Labute approximate surface area is 155 Å². The normalized spacial score (nSPS) is 13.8. The highest BCUT2D eigenvalue weighted by molar-refractivity contribution is 5.92. The van der Waals surface area contributed by atoms with Gasteiger partial charge < -0.3 is 9.72 Å². The van der Waals surface area contributed by atoms with Gasteiger partial charge >= 0.3 is 0 Å². The fraction of sp³-hybridized carbons (Fsp3) is 0.143. The number of carbonyl (C=O) groups is 1. The number of pyridine rings is 1. The molecule has 1 saturated carbocycles. The molecule has 0 radical (unpaired) electrons. The summed E-state index contributed by atoms with van der Waals surface area (Å²) in [5.41, 5.74) is 3.32. The van der Waals surface area contributed by atoms with Crippen LogP contribution in [0.25, 0.3) is 22.5 Å². The zero-order valence-electron chi connectivity index (χ0n) is 14.5. The van der Waals surface area contributed by atoms with Gasteiger partial charge in [0.05, 0.1) is 0 Å². The standard InChI is InChI=1S/C21H17FN4O/c22-16-4-1-14(2-5-16)15-3-8-18-9-10-20(25(18)13-15)26-12-11-19(24-26)21(27)23-17-6-7-17/h1-5,8-13,17H,6-7H2,(H,23,27). The Morgan fingerprint density at radius 2 is 1.74 bits per heavy atom. The number of hydrogen-bond donors (Lipinski definition) is 1. The lowest BCUT2D eigenvalue weighted by atomic mass is 10.1. The minimum Gasteiger partial charge on any atom is -0.348 e. The van der Waals surface area contributed by atoms with E-state index in [9.17, 15) is 9.18 Å². The predicted octanol–water partition coefficient (Wildman–Crippen LogP) is 3.82. The number of rotatable bonds is 4. The van der Waals surface area contributed by atoms with Crippen LogP contribution in [-0.4, -0.2) is 26.1 Å². The molecule has 4 aromatic rings. The SMILES string of the molecule is O=C(NC1CC1)c1ccn(-c2ccc3ccc(-c4ccc(F)cc4)cn23)n1. The third kappa shape index (κ3) is 2.99. The van der Waals surface area contributed by atoms with E-state index in [1.807, 2.05) is 34.9 Å². The molecule has 5 rings (SSSR count). The first kappa shape index (κ1) is 15.8. The lowest BCUT2D eigenvalue weighted by molar-refractivity contribution is 0.0945. The zero-order chi connectivity index (χ0) is 18.4. The molecule has 0 bridgehead atoms. The Hall–Kier alpha value is -3.41. The van der Waals surface area contributed by atoms with Crippen LogP contribution in [0.2, 0.25) is 0 Å². The molecule has 134 valence electrons. The van der Waals surface area contributed by atoms with E-state index in [2.05, 4.69) is 10.4 Å². The number of nitrogens with one attached hydrogen (secondary N) is 1. The van der Waals surface area contributed by atoms with Gasteiger partial charge in [-0.05, 0) is 60.4 Å². The number of amides is 1. The predicted molar refractivity (Wildman–Crippen MR) is 100 cm³/mol. The van der Waals surface area contributed by atoms with Crippen LogP contribution in [0.3, 0.4) is 0 Å². The van der Waals surface area contributed by atoms with Crippen molar-refractivity contribution in [1.82, 2.24) is 19.5 Å². The number of carbonyl (C=O) groups excluding carboxylic acids is 1. The maximum absolute atomic E-state index is 13.2. The smallest absolute Gasteiger partial charge is 0.272 e.